The second-order valence-corrected chi connectivity index (χ2v) is 12.3. The maximum Gasteiger partial charge on any atom is 0.234 e. The van der Waals surface area contributed by atoms with Crippen molar-refractivity contribution in [2.75, 3.05) is 59.8 Å². The van der Waals surface area contributed by atoms with Gasteiger partial charge in [0.2, 0.25) is 11.8 Å². The molecule has 242 valence electrons. The van der Waals surface area contributed by atoms with E-state index in [9.17, 15) is 19.2 Å². The number of rotatable bonds is 16. The van der Waals surface area contributed by atoms with Gasteiger partial charge in [-0.3, -0.25) is 24.1 Å². The van der Waals surface area contributed by atoms with Gasteiger partial charge in [-0.05, 0) is 43.0 Å². The number of hydrogen-bond acceptors (Lipinski definition) is 9. The molecule has 0 unspecified atom stereocenters. The molecule has 2 aromatic carbocycles. The zero-order valence-corrected chi connectivity index (χ0v) is 26.0. The van der Waals surface area contributed by atoms with Gasteiger partial charge in [-0.15, -0.1) is 0 Å². The lowest BCUT2D eigenvalue weighted by Crippen LogP contribution is -2.56. The number of benzene rings is 2. The van der Waals surface area contributed by atoms with Crippen molar-refractivity contribution >= 4 is 23.4 Å². The number of ether oxygens (including phenoxy) is 4. The van der Waals surface area contributed by atoms with Crippen molar-refractivity contribution in [1.82, 2.24) is 15.5 Å². The lowest BCUT2D eigenvalue weighted by molar-refractivity contribution is -0.138. The van der Waals surface area contributed by atoms with E-state index in [1.165, 1.54) is 0 Å². The third kappa shape index (κ3) is 8.97. The van der Waals surface area contributed by atoms with Crippen LogP contribution in [0.4, 0.5) is 0 Å². The van der Waals surface area contributed by atoms with E-state index >= 15 is 0 Å². The van der Waals surface area contributed by atoms with E-state index in [0.717, 1.165) is 11.1 Å². The van der Waals surface area contributed by atoms with Crippen LogP contribution in [0.5, 0.6) is 5.75 Å². The first-order valence-electron chi connectivity index (χ1n) is 15.6. The van der Waals surface area contributed by atoms with Crippen LogP contribution in [0, 0.1) is 11.8 Å². The molecule has 45 heavy (non-hydrogen) atoms. The number of amides is 2. The monoisotopic (exact) mass is 621 g/mol. The fourth-order valence-corrected chi connectivity index (χ4v) is 5.73. The molecule has 4 atom stereocenters. The quantitative estimate of drug-likeness (QED) is 0.267. The van der Waals surface area contributed by atoms with E-state index in [1.807, 2.05) is 47.4 Å². The van der Waals surface area contributed by atoms with Gasteiger partial charge in [0.25, 0.3) is 0 Å². The fourth-order valence-electron chi connectivity index (χ4n) is 5.73. The Hall–Kier alpha value is -3.64. The molecule has 0 spiro atoms. The minimum Gasteiger partial charge on any atom is -0.497 e. The number of nitrogens with zero attached hydrogens (tertiary/aromatic N) is 1. The van der Waals surface area contributed by atoms with Gasteiger partial charge < -0.3 is 29.6 Å². The number of carbonyl (C=O) groups is 4. The van der Waals surface area contributed by atoms with Crippen LogP contribution in [-0.2, 0) is 46.2 Å². The molecule has 2 N–H and O–H groups in total. The van der Waals surface area contributed by atoms with Crippen LogP contribution in [0.2, 0.25) is 0 Å². The van der Waals surface area contributed by atoms with Crippen molar-refractivity contribution in [3.05, 3.63) is 65.7 Å². The second kappa shape index (κ2) is 15.1. The molecule has 3 heterocycles. The second-order valence-electron chi connectivity index (χ2n) is 12.3. The first-order valence-corrected chi connectivity index (χ1v) is 15.6. The number of carbonyl (C=O) groups excluding carboxylic acids is 4. The number of nitrogens with one attached hydrogen (secondary N) is 2. The van der Waals surface area contributed by atoms with Crippen LogP contribution in [0.15, 0.2) is 54.6 Å². The average molecular weight is 622 g/mol. The summed E-state index contributed by atoms with van der Waals surface area (Å²) in [6.45, 7) is 5.33. The standard InChI is InChI=1S/C34H43N3O8/c1-34(22-45-34)32(40)28(17-23-6-4-3-5-7-23)35-33(41)25(16-24-8-10-27(42-2)11-9-24)18-29(38)31(26-20-44-21-26)36-30(39)19-37-12-14-43-15-13-37/h3-11,25-26,28,31H,12-22H2,1-2H3,(H,35,41)(H,36,39)/t25-,28+,31+,34-/m1/s1. The van der Waals surface area contributed by atoms with E-state index in [1.54, 1.807) is 26.2 Å². The topological polar surface area (TPSA) is 136 Å². The lowest BCUT2D eigenvalue weighted by atomic mass is 9.86. The first-order chi connectivity index (χ1) is 21.7. The van der Waals surface area contributed by atoms with E-state index in [-0.39, 0.29) is 42.8 Å². The van der Waals surface area contributed by atoms with E-state index < -0.39 is 29.5 Å². The molecule has 3 aliphatic heterocycles. The van der Waals surface area contributed by atoms with Gasteiger partial charge in [-0.25, -0.2) is 0 Å². The van der Waals surface area contributed by atoms with Crippen LogP contribution in [-0.4, -0.2) is 106 Å². The Kier molecular flexibility index (Phi) is 11.0. The number of hydrogen-bond donors (Lipinski definition) is 2. The minimum atomic E-state index is -0.936. The van der Waals surface area contributed by atoms with Gasteiger partial charge in [0.15, 0.2) is 11.6 Å². The SMILES string of the molecule is COc1ccc(C[C@H](CC(=O)[C@@H](NC(=O)CN2CCOCC2)C2COC2)C(=O)N[C@@H](Cc2ccccc2)C(=O)[C@@]2(C)CO2)cc1. The predicted octanol–water partition coefficient (Wildman–Crippen LogP) is 1.36. The number of ketones is 2. The summed E-state index contributed by atoms with van der Waals surface area (Å²) in [6, 6.07) is 15.2. The van der Waals surface area contributed by atoms with E-state index in [2.05, 4.69) is 10.6 Å². The summed E-state index contributed by atoms with van der Waals surface area (Å²) in [5, 5.41) is 5.91. The number of morpholine rings is 1. The van der Waals surface area contributed by atoms with Crippen LogP contribution in [0.3, 0.4) is 0 Å². The molecule has 5 rings (SSSR count). The maximum atomic E-state index is 14.0. The van der Waals surface area contributed by atoms with Crippen LogP contribution < -0.4 is 15.4 Å². The minimum absolute atomic E-state index is 0.114. The molecule has 0 saturated carbocycles. The van der Waals surface area contributed by atoms with Crippen LogP contribution >= 0.6 is 0 Å². The highest BCUT2D eigenvalue weighted by Crippen LogP contribution is 2.29. The van der Waals surface area contributed by atoms with E-state index in [0.29, 0.717) is 58.3 Å². The summed E-state index contributed by atoms with van der Waals surface area (Å²) in [7, 11) is 1.58. The van der Waals surface area contributed by atoms with Gasteiger partial charge in [-0.2, -0.15) is 0 Å². The smallest absolute Gasteiger partial charge is 0.234 e. The highest BCUT2D eigenvalue weighted by molar-refractivity contribution is 5.98. The average Bonchev–Trinajstić information content (AvgIpc) is 3.78. The lowest BCUT2D eigenvalue weighted by Gasteiger charge is -2.35. The van der Waals surface area contributed by atoms with E-state index in [4.69, 9.17) is 18.9 Å². The largest absolute Gasteiger partial charge is 0.497 e. The Balaban J connectivity index is 1.33. The highest BCUT2D eigenvalue weighted by Gasteiger charge is 2.50. The summed E-state index contributed by atoms with van der Waals surface area (Å²) in [4.78, 5) is 56.4. The van der Waals surface area contributed by atoms with Crippen molar-refractivity contribution in [2.45, 2.75) is 43.9 Å². The Labute approximate surface area is 263 Å². The molecule has 0 aromatic heterocycles. The molecule has 3 fully saturated rings. The summed E-state index contributed by atoms with van der Waals surface area (Å²) in [6.07, 6.45) is 0.446. The number of epoxide rings is 1. The molecule has 3 saturated heterocycles. The van der Waals surface area contributed by atoms with Gasteiger partial charge in [0, 0.05) is 31.3 Å². The Bertz CT molecular complexity index is 1320. The molecular formula is C34H43N3O8. The van der Waals surface area contributed by atoms with Gasteiger partial charge >= 0.3 is 0 Å². The zero-order chi connectivity index (χ0) is 31.8. The molecule has 0 radical (unpaired) electrons. The van der Waals surface area contributed by atoms with Crippen molar-refractivity contribution < 1.29 is 38.1 Å². The first kappa shape index (κ1) is 32.7. The molecule has 0 aliphatic carbocycles. The van der Waals surface area contributed by atoms with Crippen molar-refractivity contribution in [3.63, 3.8) is 0 Å². The normalized spacial score (nSPS) is 21.9. The molecular weight excluding hydrogens is 578 g/mol. The third-order valence-corrected chi connectivity index (χ3v) is 8.74. The van der Waals surface area contributed by atoms with Gasteiger partial charge in [-0.1, -0.05) is 42.5 Å². The fraction of sp³-hybridized carbons (Fsp3) is 0.529. The highest BCUT2D eigenvalue weighted by atomic mass is 16.6. The van der Waals surface area contributed by atoms with Gasteiger partial charge in [0.05, 0.1) is 58.8 Å². The molecule has 3 aliphatic rings. The third-order valence-electron chi connectivity index (χ3n) is 8.74. The summed E-state index contributed by atoms with van der Waals surface area (Å²) in [5.74, 6) is -1.37. The van der Waals surface area contributed by atoms with Crippen molar-refractivity contribution in [3.8, 4) is 5.75 Å². The summed E-state index contributed by atoms with van der Waals surface area (Å²) >= 11 is 0. The molecule has 11 nitrogen and oxygen atoms in total. The molecule has 0 bridgehead atoms. The van der Waals surface area contributed by atoms with Crippen molar-refractivity contribution in [2.24, 2.45) is 11.8 Å². The summed E-state index contributed by atoms with van der Waals surface area (Å²) in [5.41, 5.74) is 0.803. The maximum absolute atomic E-state index is 14.0. The van der Waals surface area contributed by atoms with Crippen molar-refractivity contribution in [1.29, 1.82) is 0 Å². The molecule has 2 amide bonds. The number of Topliss-reactive ketones (excluding diaryl/α,β-unsaturated/α-hetero) is 2. The Morgan fingerprint density at radius 2 is 1.60 bits per heavy atom. The Morgan fingerprint density at radius 1 is 0.933 bits per heavy atom. The van der Waals surface area contributed by atoms with Gasteiger partial charge in [0.1, 0.15) is 11.4 Å². The van der Waals surface area contributed by atoms with Crippen LogP contribution in [0.1, 0.15) is 24.5 Å². The van der Waals surface area contributed by atoms with Crippen LogP contribution in [0.25, 0.3) is 0 Å². The molecule has 2 aromatic rings. The zero-order valence-electron chi connectivity index (χ0n) is 26.0. The predicted molar refractivity (Wildman–Crippen MR) is 165 cm³/mol. The number of methoxy groups -OCH3 is 1. The Morgan fingerprint density at radius 3 is 2.20 bits per heavy atom. The molecule has 11 heteroatoms. The summed E-state index contributed by atoms with van der Waals surface area (Å²) < 4.78 is 21.5.